The molecule has 1 aliphatic carbocycles. The molecule has 1 fully saturated rings. The molecule has 0 aromatic heterocycles. The highest BCUT2D eigenvalue weighted by Gasteiger charge is 2.30. The second-order valence-electron chi connectivity index (χ2n) is 5.93. The third-order valence-corrected chi connectivity index (χ3v) is 4.70. The first-order valence-corrected chi connectivity index (χ1v) is 8.12. The largest absolute Gasteiger partial charge is 0.469 e. The maximum Gasteiger partial charge on any atom is 0.308 e. The van der Waals surface area contributed by atoms with Gasteiger partial charge < -0.3 is 14.7 Å². The number of aliphatic hydroxyl groups excluding tert-OH is 1. The zero-order chi connectivity index (χ0) is 16.8. The highest BCUT2D eigenvalue weighted by atomic mass is 16.5. The average Bonchev–Trinajstić information content (AvgIpc) is 2.62. The van der Waals surface area contributed by atoms with Gasteiger partial charge >= 0.3 is 5.97 Å². The summed E-state index contributed by atoms with van der Waals surface area (Å²) < 4.78 is 4.84. The second kappa shape index (κ2) is 7.98. The zero-order valence-electron chi connectivity index (χ0n) is 13.8. The normalized spacial score (nSPS) is 20.6. The molecule has 5 heteroatoms. The van der Waals surface area contributed by atoms with Crippen LogP contribution in [0.25, 0.3) is 0 Å². The van der Waals surface area contributed by atoms with E-state index in [4.69, 9.17) is 10.00 Å². The maximum absolute atomic E-state index is 11.7. The summed E-state index contributed by atoms with van der Waals surface area (Å²) in [4.78, 5) is 13.9. The lowest BCUT2D eigenvalue weighted by atomic mass is 9.85. The SMILES string of the molecule is CCN(c1ccc(C#N)cc1CO)C1CCC(C(=O)OC)CC1. The summed E-state index contributed by atoms with van der Waals surface area (Å²) in [6.07, 6.45) is 3.52. The molecule has 1 aliphatic rings. The number of carbonyl (C=O) groups excluding carboxylic acids is 1. The molecule has 2 rings (SSSR count). The molecule has 0 atom stereocenters. The van der Waals surface area contributed by atoms with Crippen LogP contribution in [0.4, 0.5) is 5.69 Å². The molecule has 0 radical (unpaired) electrons. The standard InChI is InChI=1S/C18H24N2O3/c1-3-20(16-7-5-14(6-8-16)18(22)23-2)17-9-4-13(11-19)10-15(17)12-21/h4,9-10,14,16,21H,3,5-8,12H2,1-2H3. The number of rotatable bonds is 5. The fraction of sp³-hybridized carbons (Fsp3) is 0.556. The van der Waals surface area contributed by atoms with Gasteiger partial charge in [0, 0.05) is 23.8 Å². The van der Waals surface area contributed by atoms with E-state index in [1.807, 2.05) is 6.07 Å². The molecule has 1 aromatic carbocycles. The fourth-order valence-electron chi connectivity index (χ4n) is 3.48. The summed E-state index contributed by atoms with van der Waals surface area (Å²) in [6, 6.07) is 7.91. The van der Waals surface area contributed by atoms with E-state index >= 15 is 0 Å². The number of aliphatic hydroxyl groups is 1. The van der Waals surface area contributed by atoms with E-state index < -0.39 is 0 Å². The highest BCUT2D eigenvalue weighted by molar-refractivity contribution is 5.72. The number of hydrogen-bond donors (Lipinski definition) is 1. The minimum atomic E-state index is -0.110. The molecule has 5 nitrogen and oxygen atoms in total. The fourth-order valence-corrected chi connectivity index (χ4v) is 3.48. The average molecular weight is 316 g/mol. The predicted molar refractivity (Wildman–Crippen MR) is 87.9 cm³/mol. The molecular weight excluding hydrogens is 292 g/mol. The van der Waals surface area contributed by atoms with Crippen LogP contribution in [0.3, 0.4) is 0 Å². The van der Waals surface area contributed by atoms with Crippen LogP contribution in [-0.4, -0.2) is 30.8 Å². The third kappa shape index (κ3) is 3.83. The van der Waals surface area contributed by atoms with Gasteiger partial charge in [0.1, 0.15) is 0 Å². The van der Waals surface area contributed by atoms with Gasteiger partial charge in [-0.15, -0.1) is 0 Å². The molecular formula is C18H24N2O3. The summed E-state index contributed by atoms with van der Waals surface area (Å²) in [7, 11) is 1.44. The zero-order valence-corrected chi connectivity index (χ0v) is 13.8. The Hall–Kier alpha value is -2.06. The maximum atomic E-state index is 11.7. The number of anilines is 1. The van der Waals surface area contributed by atoms with Gasteiger partial charge in [-0.25, -0.2) is 0 Å². The number of hydrogen-bond acceptors (Lipinski definition) is 5. The number of ether oxygens (including phenoxy) is 1. The van der Waals surface area contributed by atoms with Crippen molar-refractivity contribution in [1.29, 1.82) is 5.26 Å². The quantitative estimate of drug-likeness (QED) is 0.845. The van der Waals surface area contributed by atoms with Gasteiger partial charge in [-0.2, -0.15) is 5.26 Å². The van der Waals surface area contributed by atoms with E-state index in [2.05, 4.69) is 17.9 Å². The van der Waals surface area contributed by atoms with Crippen LogP contribution >= 0.6 is 0 Å². The summed E-state index contributed by atoms with van der Waals surface area (Å²) in [6.45, 7) is 2.83. The Kier molecular flexibility index (Phi) is 6.00. The Morgan fingerprint density at radius 1 is 1.39 bits per heavy atom. The molecule has 124 valence electrons. The number of methoxy groups -OCH3 is 1. The molecule has 1 saturated carbocycles. The van der Waals surface area contributed by atoms with Crippen molar-refractivity contribution in [2.24, 2.45) is 5.92 Å². The first-order valence-electron chi connectivity index (χ1n) is 8.12. The number of carbonyl (C=O) groups is 1. The Morgan fingerprint density at radius 3 is 2.61 bits per heavy atom. The molecule has 0 aliphatic heterocycles. The van der Waals surface area contributed by atoms with Gasteiger partial charge in [0.2, 0.25) is 0 Å². The molecule has 0 heterocycles. The number of nitrogens with zero attached hydrogens (tertiary/aromatic N) is 2. The summed E-state index contributed by atoms with van der Waals surface area (Å²) in [5, 5.41) is 18.6. The lowest BCUT2D eigenvalue weighted by molar-refractivity contribution is -0.146. The molecule has 0 saturated heterocycles. The van der Waals surface area contributed by atoms with Crippen LogP contribution in [0.15, 0.2) is 18.2 Å². The Bertz CT molecular complexity index is 586. The van der Waals surface area contributed by atoms with Gasteiger partial charge in [-0.05, 0) is 50.8 Å². The Morgan fingerprint density at radius 2 is 2.09 bits per heavy atom. The van der Waals surface area contributed by atoms with Crippen LogP contribution in [-0.2, 0) is 16.1 Å². The van der Waals surface area contributed by atoms with Crippen LogP contribution in [0, 0.1) is 17.2 Å². The molecule has 0 spiro atoms. The monoisotopic (exact) mass is 316 g/mol. The van der Waals surface area contributed by atoms with Crippen molar-refractivity contribution in [3.63, 3.8) is 0 Å². The van der Waals surface area contributed by atoms with Crippen molar-refractivity contribution in [3.05, 3.63) is 29.3 Å². The lowest BCUT2D eigenvalue weighted by Crippen LogP contribution is -2.39. The van der Waals surface area contributed by atoms with Gasteiger partial charge in [0.15, 0.2) is 0 Å². The van der Waals surface area contributed by atoms with Gasteiger partial charge in [-0.1, -0.05) is 0 Å². The Balaban J connectivity index is 2.15. The van der Waals surface area contributed by atoms with Crippen LogP contribution < -0.4 is 4.90 Å². The predicted octanol–water partition coefficient (Wildman–Crippen LogP) is 2.61. The van der Waals surface area contributed by atoms with Gasteiger partial charge in [0.05, 0.1) is 31.3 Å². The van der Waals surface area contributed by atoms with Crippen LogP contribution in [0.1, 0.15) is 43.7 Å². The molecule has 1 N–H and O–H groups in total. The number of nitriles is 1. The van der Waals surface area contributed by atoms with Crippen molar-refractivity contribution in [3.8, 4) is 6.07 Å². The summed E-state index contributed by atoms with van der Waals surface area (Å²) >= 11 is 0. The third-order valence-electron chi connectivity index (χ3n) is 4.70. The van der Waals surface area contributed by atoms with Crippen molar-refractivity contribution in [1.82, 2.24) is 0 Å². The molecule has 23 heavy (non-hydrogen) atoms. The van der Waals surface area contributed by atoms with Gasteiger partial charge in [0.25, 0.3) is 0 Å². The van der Waals surface area contributed by atoms with Crippen molar-refractivity contribution in [2.45, 2.75) is 45.3 Å². The first kappa shape index (κ1) is 17.3. The summed E-state index contributed by atoms with van der Waals surface area (Å²) in [5.41, 5.74) is 2.32. The summed E-state index contributed by atoms with van der Waals surface area (Å²) in [5.74, 6) is -0.103. The van der Waals surface area contributed by atoms with E-state index in [1.165, 1.54) is 7.11 Å². The Labute approximate surface area is 137 Å². The van der Waals surface area contributed by atoms with Gasteiger partial charge in [-0.3, -0.25) is 4.79 Å². The lowest BCUT2D eigenvalue weighted by Gasteiger charge is -2.38. The molecule has 1 aromatic rings. The van der Waals surface area contributed by atoms with E-state index in [0.29, 0.717) is 11.6 Å². The number of benzene rings is 1. The first-order chi connectivity index (χ1) is 11.1. The van der Waals surface area contributed by atoms with Crippen molar-refractivity contribution >= 4 is 11.7 Å². The van der Waals surface area contributed by atoms with Crippen molar-refractivity contribution in [2.75, 3.05) is 18.6 Å². The van der Waals surface area contributed by atoms with Crippen LogP contribution in [0.2, 0.25) is 0 Å². The van der Waals surface area contributed by atoms with E-state index in [9.17, 15) is 9.90 Å². The smallest absolute Gasteiger partial charge is 0.308 e. The van der Waals surface area contributed by atoms with Crippen molar-refractivity contribution < 1.29 is 14.6 Å². The molecule has 0 bridgehead atoms. The number of esters is 1. The van der Waals surface area contributed by atoms with E-state index in [1.54, 1.807) is 12.1 Å². The second-order valence-corrected chi connectivity index (χ2v) is 5.93. The minimum absolute atomic E-state index is 0.00762. The van der Waals surface area contributed by atoms with Crippen LogP contribution in [0.5, 0.6) is 0 Å². The van der Waals surface area contributed by atoms with E-state index in [0.717, 1.165) is 43.5 Å². The highest BCUT2D eigenvalue weighted by Crippen LogP contribution is 2.33. The topological polar surface area (TPSA) is 73.6 Å². The minimum Gasteiger partial charge on any atom is -0.469 e. The molecule has 0 amide bonds. The van der Waals surface area contributed by atoms with E-state index in [-0.39, 0.29) is 18.5 Å². The molecule has 0 unspecified atom stereocenters.